The molecule has 0 radical (unpaired) electrons. The normalized spacial score (nSPS) is 10.5. The van der Waals surface area contributed by atoms with Crippen LogP contribution in [-0.4, -0.2) is 38.7 Å². The number of thioether (sulfide) groups is 1. The van der Waals surface area contributed by atoms with Crippen molar-refractivity contribution in [2.75, 3.05) is 5.75 Å². The van der Waals surface area contributed by atoms with Crippen molar-refractivity contribution in [1.29, 1.82) is 0 Å². The van der Waals surface area contributed by atoms with Gasteiger partial charge >= 0.3 is 0 Å². The number of carbonyl (C=O) groups excluding carboxylic acids is 1. The van der Waals surface area contributed by atoms with Crippen molar-refractivity contribution in [2.45, 2.75) is 5.03 Å². The number of halogens is 1. The number of hydrazine groups is 1. The van der Waals surface area contributed by atoms with Gasteiger partial charge in [-0.05, 0) is 29.8 Å². The molecule has 26 heavy (non-hydrogen) atoms. The lowest BCUT2D eigenvalue weighted by atomic mass is 10.0. The molecule has 0 aliphatic rings. The molecule has 0 aliphatic carbocycles. The third-order valence-corrected chi connectivity index (χ3v) is 4.79. The fourth-order valence-electron chi connectivity index (χ4n) is 2.32. The van der Waals surface area contributed by atoms with Gasteiger partial charge in [-0.1, -0.05) is 35.5 Å². The molecule has 0 saturated carbocycles. The van der Waals surface area contributed by atoms with Gasteiger partial charge in [-0.2, -0.15) is 15.3 Å². The molecule has 1 aromatic carbocycles. The lowest BCUT2D eigenvalue weighted by molar-refractivity contribution is -0.128. The van der Waals surface area contributed by atoms with Gasteiger partial charge in [-0.15, -0.1) is 0 Å². The maximum absolute atomic E-state index is 11.9. The Kier molecular flexibility index (Phi) is 5.67. The summed E-state index contributed by atoms with van der Waals surface area (Å²) in [5.74, 6) is 5.14. The Labute approximate surface area is 159 Å². The molecule has 7 nitrogen and oxygen atoms in total. The van der Waals surface area contributed by atoms with Gasteiger partial charge in [-0.25, -0.2) is 5.84 Å². The fraction of sp³-hybridized carbons (Fsp3) is 0.0588. The Hall–Kier alpha value is -2.68. The first-order valence-electron chi connectivity index (χ1n) is 7.52. The van der Waals surface area contributed by atoms with E-state index >= 15 is 0 Å². The Morgan fingerprint density at radius 1 is 1.23 bits per heavy atom. The van der Waals surface area contributed by atoms with E-state index in [9.17, 15) is 4.79 Å². The van der Waals surface area contributed by atoms with Gasteiger partial charge in [0.1, 0.15) is 5.03 Å². The first-order valence-corrected chi connectivity index (χ1v) is 8.88. The highest BCUT2D eigenvalue weighted by atomic mass is 35.5. The van der Waals surface area contributed by atoms with Crippen LogP contribution in [-0.2, 0) is 4.79 Å². The standard InChI is InChI=1S/C17H15ClN6OS/c1-20-24(19)14(25)10-26-17-15(11-6-8-21-9-7-11)16(22-23-17)12-2-4-13(18)5-3-12/h2-9H,1,10,19H2,(H,22,23). The van der Waals surface area contributed by atoms with Gasteiger partial charge < -0.3 is 0 Å². The predicted octanol–water partition coefficient (Wildman–Crippen LogP) is 3.20. The van der Waals surface area contributed by atoms with Gasteiger partial charge in [0.25, 0.3) is 5.91 Å². The minimum Gasteiger partial charge on any atom is -0.276 e. The van der Waals surface area contributed by atoms with Gasteiger partial charge in [0, 0.05) is 35.3 Å². The molecular weight excluding hydrogens is 372 g/mol. The van der Waals surface area contributed by atoms with E-state index in [1.807, 2.05) is 36.4 Å². The summed E-state index contributed by atoms with van der Waals surface area (Å²) in [6.07, 6.45) is 3.41. The van der Waals surface area contributed by atoms with Crippen molar-refractivity contribution in [3.05, 3.63) is 53.8 Å². The zero-order chi connectivity index (χ0) is 18.5. The second-order valence-electron chi connectivity index (χ2n) is 5.19. The number of pyridine rings is 1. The number of hydrazone groups is 1. The molecular formula is C17H15ClN6OS. The zero-order valence-corrected chi connectivity index (χ0v) is 15.2. The summed E-state index contributed by atoms with van der Waals surface area (Å²) < 4.78 is 0. The van der Waals surface area contributed by atoms with Gasteiger partial charge in [-0.3, -0.25) is 14.9 Å². The Bertz CT molecular complexity index is 913. The highest BCUT2D eigenvalue weighted by Crippen LogP contribution is 2.37. The third kappa shape index (κ3) is 3.93. The van der Waals surface area contributed by atoms with Gasteiger partial charge in [0.05, 0.1) is 11.4 Å². The van der Waals surface area contributed by atoms with E-state index in [-0.39, 0.29) is 11.7 Å². The number of amides is 1. The van der Waals surface area contributed by atoms with E-state index in [1.54, 1.807) is 12.4 Å². The van der Waals surface area contributed by atoms with Crippen LogP contribution in [0.25, 0.3) is 22.4 Å². The molecule has 0 spiro atoms. The fourth-order valence-corrected chi connectivity index (χ4v) is 3.31. The predicted molar refractivity (Wildman–Crippen MR) is 104 cm³/mol. The summed E-state index contributed by atoms with van der Waals surface area (Å²) in [7, 11) is 0. The minimum atomic E-state index is -0.373. The van der Waals surface area contributed by atoms with Crippen LogP contribution < -0.4 is 5.84 Å². The molecule has 0 saturated heterocycles. The van der Waals surface area contributed by atoms with Gasteiger partial charge in [0.2, 0.25) is 0 Å². The second kappa shape index (κ2) is 8.13. The number of hydrogen-bond donors (Lipinski definition) is 2. The molecule has 9 heteroatoms. The molecule has 1 amide bonds. The molecule has 2 aromatic heterocycles. The first-order chi connectivity index (χ1) is 12.6. The number of hydrogen-bond acceptors (Lipinski definition) is 6. The number of nitrogens with one attached hydrogen (secondary N) is 1. The van der Waals surface area contributed by atoms with E-state index < -0.39 is 0 Å². The number of nitrogens with zero attached hydrogens (tertiary/aromatic N) is 4. The van der Waals surface area contributed by atoms with Crippen molar-refractivity contribution < 1.29 is 4.79 Å². The van der Waals surface area contributed by atoms with Crippen molar-refractivity contribution in [3.63, 3.8) is 0 Å². The monoisotopic (exact) mass is 386 g/mol. The highest BCUT2D eigenvalue weighted by molar-refractivity contribution is 8.00. The number of aromatic nitrogens is 3. The Morgan fingerprint density at radius 3 is 2.58 bits per heavy atom. The second-order valence-corrected chi connectivity index (χ2v) is 6.59. The number of aromatic amines is 1. The van der Waals surface area contributed by atoms with Crippen molar-refractivity contribution in [1.82, 2.24) is 20.3 Å². The molecule has 0 aliphatic heterocycles. The van der Waals surface area contributed by atoms with Crippen molar-refractivity contribution in [2.24, 2.45) is 10.9 Å². The van der Waals surface area contributed by atoms with Crippen LogP contribution in [0, 0.1) is 0 Å². The first kappa shape index (κ1) is 18.1. The lowest BCUT2D eigenvalue weighted by Gasteiger charge is -2.09. The zero-order valence-electron chi connectivity index (χ0n) is 13.6. The molecule has 3 rings (SSSR count). The van der Waals surface area contributed by atoms with Crippen LogP contribution in [0.2, 0.25) is 5.02 Å². The van der Waals surface area contributed by atoms with Crippen LogP contribution in [0.5, 0.6) is 0 Å². The Balaban J connectivity index is 1.98. The average molecular weight is 387 g/mol. The smallest absolute Gasteiger partial charge is 0.267 e. The molecule has 132 valence electrons. The lowest BCUT2D eigenvalue weighted by Crippen LogP contribution is -2.33. The number of nitrogens with two attached hydrogens (primary N) is 1. The van der Waals surface area contributed by atoms with Crippen molar-refractivity contribution in [3.8, 4) is 22.4 Å². The number of benzene rings is 1. The van der Waals surface area contributed by atoms with E-state index in [4.69, 9.17) is 17.4 Å². The molecule has 0 bridgehead atoms. The van der Waals surface area contributed by atoms with E-state index in [2.05, 4.69) is 27.0 Å². The quantitative estimate of drug-likeness (QED) is 0.223. The van der Waals surface area contributed by atoms with Crippen LogP contribution >= 0.6 is 23.4 Å². The molecule has 0 unspecified atom stereocenters. The molecule has 3 N–H and O–H groups in total. The van der Waals surface area contributed by atoms with E-state index in [0.29, 0.717) is 15.2 Å². The summed E-state index contributed by atoms with van der Waals surface area (Å²) in [6, 6.07) is 11.2. The average Bonchev–Trinajstić information content (AvgIpc) is 3.10. The molecule has 0 atom stereocenters. The van der Waals surface area contributed by atoms with E-state index in [0.717, 1.165) is 22.4 Å². The summed E-state index contributed by atoms with van der Waals surface area (Å²) >= 11 is 7.25. The number of rotatable bonds is 6. The van der Waals surface area contributed by atoms with Crippen LogP contribution in [0.4, 0.5) is 0 Å². The maximum Gasteiger partial charge on any atom is 0.267 e. The maximum atomic E-state index is 11.9. The topological polar surface area (TPSA) is 100 Å². The Morgan fingerprint density at radius 2 is 1.92 bits per heavy atom. The molecule has 3 aromatic rings. The SMILES string of the molecule is C=NN(N)C(=O)CSc1n[nH]c(-c2ccc(Cl)cc2)c1-c1ccncc1. The van der Waals surface area contributed by atoms with Gasteiger partial charge in [0.15, 0.2) is 0 Å². The van der Waals surface area contributed by atoms with Crippen molar-refractivity contribution >= 4 is 36.0 Å². The number of H-pyrrole nitrogens is 1. The largest absolute Gasteiger partial charge is 0.276 e. The van der Waals surface area contributed by atoms with Crippen LogP contribution in [0.3, 0.4) is 0 Å². The van der Waals surface area contributed by atoms with Crippen LogP contribution in [0.1, 0.15) is 0 Å². The summed E-state index contributed by atoms with van der Waals surface area (Å²) in [4.78, 5) is 15.9. The van der Waals surface area contributed by atoms with E-state index in [1.165, 1.54) is 11.8 Å². The molecule has 2 heterocycles. The molecule has 0 fully saturated rings. The minimum absolute atomic E-state index is 0.0819. The summed E-state index contributed by atoms with van der Waals surface area (Å²) in [5, 5.41) is 12.9. The summed E-state index contributed by atoms with van der Waals surface area (Å²) in [6.45, 7) is 3.23. The highest BCUT2D eigenvalue weighted by Gasteiger charge is 2.19. The third-order valence-electron chi connectivity index (χ3n) is 3.58. The van der Waals surface area contributed by atoms with Crippen LogP contribution in [0.15, 0.2) is 58.9 Å². The summed E-state index contributed by atoms with van der Waals surface area (Å²) in [5.41, 5.74) is 3.57. The number of carbonyl (C=O) groups is 1.